The third-order valence-electron chi connectivity index (χ3n) is 6.14. The first-order valence-corrected chi connectivity index (χ1v) is 11.6. The molecular formula is C25H22F5N5O4. The minimum absolute atomic E-state index is 0.0404. The molecule has 0 bridgehead atoms. The highest BCUT2D eigenvalue weighted by Gasteiger charge is 2.44. The molecule has 1 aliphatic heterocycles. The van der Waals surface area contributed by atoms with Gasteiger partial charge in [-0.3, -0.25) is 9.36 Å². The van der Waals surface area contributed by atoms with Crippen LogP contribution in [0.15, 0.2) is 59.2 Å². The Morgan fingerprint density at radius 3 is 2.51 bits per heavy atom. The lowest BCUT2D eigenvalue weighted by Gasteiger charge is -2.29. The molecule has 0 aliphatic carbocycles. The zero-order valence-corrected chi connectivity index (χ0v) is 20.5. The van der Waals surface area contributed by atoms with E-state index in [4.69, 9.17) is 5.73 Å². The van der Waals surface area contributed by atoms with E-state index in [1.807, 2.05) is 0 Å². The third-order valence-corrected chi connectivity index (χ3v) is 6.14. The van der Waals surface area contributed by atoms with Gasteiger partial charge in [-0.05, 0) is 53.3 Å². The zero-order valence-electron chi connectivity index (χ0n) is 20.5. The maximum Gasteiger partial charge on any atom is 0.493 e. The predicted molar refractivity (Wildman–Crippen MR) is 128 cm³/mol. The van der Waals surface area contributed by atoms with Crippen LogP contribution < -0.4 is 16.5 Å². The molecule has 2 aromatic carbocycles. The number of hydrogen-bond donors (Lipinski definition) is 1. The fourth-order valence-electron chi connectivity index (χ4n) is 4.28. The zero-order chi connectivity index (χ0) is 28.5. The molecule has 14 heteroatoms. The fourth-order valence-corrected chi connectivity index (χ4v) is 4.28. The Kier molecular flexibility index (Phi) is 7.67. The molecule has 0 saturated carbocycles. The molecule has 1 aromatic heterocycles. The fraction of sp³-hybridized carbons (Fsp3) is 0.280. The van der Waals surface area contributed by atoms with Crippen molar-refractivity contribution in [2.75, 3.05) is 11.6 Å². The Bertz CT molecular complexity index is 1520. The molecule has 0 spiro atoms. The number of anilines is 1. The van der Waals surface area contributed by atoms with Crippen molar-refractivity contribution in [3.05, 3.63) is 81.6 Å². The van der Waals surface area contributed by atoms with Gasteiger partial charge in [0.15, 0.2) is 0 Å². The molecule has 2 N–H and O–H groups in total. The highest BCUT2D eigenvalue weighted by molar-refractivity contribution is 5.98. The lowest BCUT2D eigenvalue weighted by atomic mass is 9.91. The maximum absolute atomic E-state index is 13.0. The summed E-state index contributed by atoms with van der Waals surface area (Å²) in [6.07, 6.45) is -5.99. The van der Waals surface area contributed by atoms with Gasteiger partial charge in [0, 0.05) is 18.5 Å². The summed E-state index contributed by atoms with van der Waals surface area (Å²) in [5.74, 6) is -3.29. The lowest BCUT2D eigenvalue weighted by molar-refractivity contribution is -0.201. The molecule has 0 unspecified atom stereocenters. The Balaban J connectivity index is 1.67. The van der Waals surface area contributed by atoms with Crippen LogP contribution in [0.5, 0.6) is 0 Å². The van der Waals surface area contributed by atoms with Crippen LogP contribution in [0.1, 0.15) is 23.1 Å². The monoisotopic (exact) mass is 551 g/mol. The number of aromatic nitrogens is 3. The van der Waals surface area contributed by atoms with E-state index in [2.05, 4.69) is 9.94 Å². The topological polar surface area (TPSA) is 112 Å². The standard InChI is InChI=1S/C25H22F5N5O4/c1-14-8-17(9-15-6-7-20(36)35(21(14)15)39-23(37)25(28,29)30)19-5-3-2-4-16(19)11-33-13-32-34(24(33)38)12-18(10-31)22(26)27/h2-5,8-9,13H,6-7,10-12,31H2,1H3. The summed E-state index contributed by atoms with van der Waals surface area (Å²) < 4.78 is 66.4. The summed E-state index contributed by atoms with van der Waals surface area (Å²) in [6.45, 7) is 0.725. The van der Waals surface area contributed by atoms with Gasteiger partial charge in [-0.15, -0.1) is 5.06 Å². The van der Waals surface area contributed by atoms with Crippen molar-refractivity contribution in [1.29, 1.82) is 0 Å². The molecule has 206 valence electrons. The Hall–Kier alpha value is -4.33. The number of halogens is 5. The van der Waals surface area contributed by atoms with Gasteiger partial charge < -0.3 is 10.6 Å². The van der Waals surface area contributed by atoms with E-state index in [0.29, 0.717) is 32.9 Å². The van der Waals surface area contributed by atoms with Crippen LogP contribution in [0.3, 0.4) is 0 Å². The number of aryl methyl sites for hydroxylation is 2. The van der Waals surface area contributed by atoms with Crippen LogP contribution in [0.2, 0.25) is 0 Å². The molecule has 39 heavy (non-hydrogen) atoms. The van der Waals surface area contributed by atoms with Crippen LogP contribution in [0.25, 0.3) is 11.1 Å². The molecule has 1 amide bonds. The van der Waals surface area contributed by atoms with Crippen LogP contribution in [0, 0.1) is 6.92 Å². The predicted octanol–water partition coefficient (Wildman–Crippen LogP) is 3.48. The number of carbonyl (C=O) groups is 2. The van der Waals surface area contributed by atoms with E-state index in [9.17, 15) is 36.3 Å². The van der Waals surface area contributed by atoms with E-state index in [-0.39, 0.29) is 25.1 Å². The maximum atomic E-state index is 13.0. The van der Waals surface area contributed by atoms with Gasteiger partial charge in [0.25, 0.3) is 12.0 Å². The quantitative estimate of drug-likeness (QED) is 0.450. The summed E-state index contributed by atoms with van der Waals surface area (Å²) >= 11 is 0. The number of carbonyl (C=O) groups excluding carboxylic acids is 2. The van der Waals surface area contributed by atoms with E-state index in [0.717, 1.165) is 4.68 Å². The van der Waals surface area contributed by atoms with E-state index < -0.39 is 48.5 Å². The van der Waals surface area contributed by atoms with Gasteiger partial charge in [-0.2, -0.15) is 27.1 Å². The summed E-state index contributed by atoms with van der Waals surface area (Å²) in [5, 5.41) is 4.28. The van der Waals surface area contributed by atoms with E-state index in [1.54, 1.807) is 43.3 Å². The molecule has 9 nitrogen and oxygen atoms in total. The van der Waals surface area contributed by atoms with Crippen molar-refractivity contribution in [3.8, 4) is 11.1 Å². The normalized spacial score (nSPS) is 13.3. The first-order valence-electron chi connectivity index (χ1n) is 11.6. The highest BCUT2D eigenvalue weighted by Crippen LogP contribution is 2.37. The number of rotatable bonds is 7. The van der Waals surface area contributed by atoms with Crippen molar-refractivity contribution in [3.63, 3.8) is 0 Å². The summed E-state index contributed by atoms with van der Waals surface area (Å²) in [7, 11) is 0. The van der Waals surface area contributed by atoms with Crippen molar-refractivity contribution in [2.24, 2.45) is 5.73 Å². The first-order chi connectivity index (χ1) is 18.4. The van der Waals surface area contributed by atoms with E-state index >= 15 is 0 Å². The van der Waals surface area contributed by atoms with Gasteiger partial charge in [0.2, 0.25) is 0 Å². The van der Waals surface area contributed by atoms with Crippen molar-refractivity contribution < 1.29 is 36.4 Å². The average Bonchev–Trinajstić information content (AvgIpc) is 3.22. The number of amides is 1. The number of hydroxylamine groups is 1. The number of nitrogens with zero attached hydrogens (tertiary/aromatic N) is 4. The number of nitrogens with two attached hydrogens (primary N) is 1. The number of hydrogen-bond acceptors (Lipinski definition) is 6. The van der Waals surface area contributed by atoms with Gasteiger partial charge in [-0.25, -0.2) is 14.3 Å². The Labute approximate surface area is 217 Å². The summed E-state index contributed by atoms with van der Waals surface area (Å²) in [4.78, 5) is 40.9. The van der Waals surface area contributed by atoms with Gasteiger partial charge in [-0.1, -0.05) is 24.3 Å². The smallest absolute Gasteiger partial charge is 0.327 e. The second kappa shape index (κ2) is 10.8. The minimum atomic E-state index is -5.28. The van der Waals surface area contributed by atoms with Gasteiger partial charge in [0.05, 0.1) is 18.8 Å². The molecule has 4 rings (SSSR count). The van der Waals surface area contributed by atoms with Crippen molar-refractivity contribution >= 4 is 17.6 Å². The van der Waals surface area contributed by atoms with E-state index in [1.165, 1.54) is 10.9 Å². The third kappa shape index (κ3) is 5.74. The molecule has 3 aromatic rings. The van der Waals surface area contributed by atoms with Gasteiger partial charge >= 0.3 is 17.8 Å². The van der Waals surface area contributed by atoms with Crippen molar-refractivity contribution in [2.45, 2.75) is 39.0 Å². The Morgan fingerprint density at radius 2 is 1.85 bits per heavy atom. The number of fused-ring (bicyclic) bond motifs is 1. The SMILES string of the molecule is Cc1cc(-c2ccccc2Cn2cnn(CC(CN)=C(F)F)c2=O)cc2c1N(OC(=O)C(F)(F)F)C(=O)CC2. The second-order valence-corrected chi connectivity index (χ2v) is 8.79. The Morgan fingerprint density at radius 1 is 1.13 bits per heavy atom. The molecule has 0 fully saturated rings. The average molecular weight is 551 g/mol. The first kappa shape index (κ1) is 27.7. The van der Waals surface area contributed by atoms with Crippen LogP contribution in [-0.4, -0.2) is 38.9 Å². The largest absolute Gasteiger partial charge is 0.493 e. The second-order valence-electron chi connectivity index (χ2n) is 8.79. The summed E-state index contributed by atoms with van der Waals surface area (Å²) in [5.41, 5.74) is 7.21. The molecule has 1 aliphatic rings. The molecule has 0 radical (unpaired) electrons. The van der Waals surface area contributed by atoms with Crippen LogP contribution >= 0.6 is 0 Å². The minimum Gasteiger partial charge on any atom is -0.327 e. The highest BCUT2D eigenvalue weighted by atomic mass is 19.4. The lowest BCUT2D eigenvalue weighted by Crippen LogP contribution is -2.41. The molecular weight excluding hydrogens is 529 g/mol. The molecule has 0 atom stereocenters. The molecule has 2 heterocycles. The number of alkyl halides is 3. The van der Waals surface area contributed by atoms with Crippen LogP contribution in [0.4, 0.5) is 27.6 Å². The van der Waals surface area contributed by atoms with Crippen LogP contribution in [-0.2, 0) is 33.9 Å². The summed E-state index contributed by atoms with van der Waals surface area (Å²) in [6, 6.07) is 10.3. The number of benzene rings is 2. The van der Waals surface area contributed by atoms with Crippen molar-refractivity contribution in [1.82, 2.24) is 14.3 Å². The van der Waals surface area contributed by atoms with Gasteiger partial charge in [0.1, 0.15) is 6.33 Å². The molecule has 0 saturated heterocycles.